The van der Waals surface area contributed by atoms with Gasteiger partial charge in [-0.05, 0) is 18.9 Å². The predicted octanol–water partition coefficient (Wildman–Crippen LogP) is 0.933. The summed E-state index contributed by atoms with van der Waals surface area (Å²) in [4.78, 5) is 18.2. The number of aromatic nitrogens is 3. The summed E-state index contributed by atoms with van der Waals surface area (Å²) >= 11 is 0. The van der Waals surface area contributed by atoms with E-state index >= 15 is 0 Å². The zero-order chi connectivity index (χ0) is 22.7. The van der Waals surface area contributed by atoms with Gasteiger partial charge in [-0.2, -0.15) is 9.61 Å². The highest BCUT2D eigenvalue weighted by atomic mass is 16.5. The Labute approximate surface area is 186 Å². The van der Waals surface area contributed by atoms with E-state index in [4.69, 9.17) is 21.2 Å². The quantitative estimate of drug-likeness (QED) is 0.483. The number of aliphatic carboxylic acids is 1. The van der Waals surface area contributed by atoms with Gasteiger partial charge in [0, 0.05) is 54.7 Å². The maximum atomic E-state index is 11.2. The monoisotopic (exact) mass is 439 g/mol. The van der Waals surface area contributed by atoms with E-state index in [1.165, 1.54) is 6.20 Å². The first-order chi connectivity index (χ1) is 15.5. The van der Waals surface area contributed by atoms with E-state index in [2.05, 4.69) is 21.9 Å². The maximum absolute atomic E-state index is 11.2. The molecule has 32 heavy (non-hydrogen) atoms. The second-order valence-corrected chi connectivity index (χ2v) is 8.02. The van der Waals surface area contributed by atoms with Gasteiger partial charge in [-0.15, -0.1) is 0 Å². The van der Waals surface area contributed by atoms with Gasteiger partial charge in [-0.3, -0.25) is 4.79 Å². The van der Waals surface area contributed by atoms with Crippen LogP contribution in [0.25, 0.3) is 11.2 Å². The average Bonchev–Trinajstić information content (AvgIpc) is 3.24. The number of piperidine rings is 1. The molecule has 10 heteroatoms. The number of ether oxygens (including phenoxy) is 1. The number of fused-ring (bicyclic) bond motifs is 1. The van der Waals surface area contributed by atoms with E-state index in [0.29, 0.717) is 37.6 Å². The number of allylic oxidation sites excluding steroid dienone is 3. The first kappa shape index (κ1) is 21.8. The summed E-state index contributed by atoms with van der Waals surface area (Å²) in [5.41, 5.74) is 16.0. The van der Waals surface area contributed by atoms with Crippen LogP contribution in [0.4, 0.5) is 5.82 Å². The first-order valence-corrected chi connectivity index (χ1v) is 10.7. The fourth-order valence-electron chi connectivity index (χ4n) is 4.12. The highest BCUT2D eigenvalue weighted by Gasteiger charge is 2.27. The van der Waals surface area contributed by atoms with Gasteiger partial charge in [0.1, 0.15) is 11.9 Å². The molecule has 2 atom stereocenters. The lowest BCUT2D eigenvalue weighted by molar-refractivity contribution is -0.140. The molecule has 2 aliphatic heterocycles. The zero-order valence-corrected chi connectivity index (χ0v) is 17.9. The van der Waals surface area contributed by atoms with Crippen LogP contribution in [0.5, 0.6) is 0 Å². The van der Waals surface area contributed by atoms with E-state index in [0.717, 1.165) is 42.0 Å². The van der Waals surface area contributed by atoms with Crippen molar-refractivity contribution in [1.29, 1.82) is 0 Å². The minimum atomic E-state index is -0.826. The first-order valence-electron chi connectivity index (χ1n) is 10.7. The molecule has 2 fully saturated rings. The number of hydrogen-bond acceptors (Lipinski definition) is 8. The summed E-state index contributed by atoms with van der Waals surface area (Å²) in [6, 6.07) is 1.29. The lowest BCUT2D eigenvalue weighted by Crippen LogP contribution is -2.43. The second-order valence-electron chi connectivity index (χ2n) is 8.02. The molecule has 4 rings (SSSR count). The van der Waals surface area contributed by atoms with Crippen LogP contribution in [0.2, 0.25) is 0 Å². The third-order valence-corrected chi connectivity index (χ3v) is 6.01. The maximum Gasteiger partial charge on any atom is 0.320 e. The molecule has 170 valence electrons. The molecule has 2 aliphatic rings. The fraction of sp³-hybridized carbons (Fsp3) is 0.409. The van der Waals surface area contributed by atoms with E-state index in [1.807, 2.05) is 12.2 Å². The lowest BCUT2D eigenvalue weighted by atomic mass is 9.92. The lowest BCUT2D eigenvalue weighted by Gasteiger charge is -2.29. The molecule has 4 heterocycles. The third kappa shape index (κ3) is 4.46. The largest absolute Gasteiger partial charge is 0.480 e. The number of anilines is 1. The molecule has 0 radical (unpaired) electrons. The Morgan fingerprint density at radius 1 is 1.31 bits per heavy atom. The average molecular weight is 440 g/mol. The number of nitrogens with one attached hydrogen (secondary N) is 1. The van der Waals surface area contributed by atoms with Crippen LogP contribution in [0.1, 0.15) is 30.0 Å². The summed E-state index contributed by atoms with van der Waals surface area (Å²) < 4.78 is 6.98. The molecule has 2 aromatic rings. The predicted molar refractivity (Wildman–Crippen MR) is 122 cm³/mol. The van der Waals surface area contributed by atoms with Crippen LogP contribution < -0.4 is 16.8 Å². The van der Waals surface area contributed by atoms with Crippen LogP contribution >= 0.6 is 0 Å². The van der Waals surface area contributed by atoms with Crippen LogP contribution in [0.3, 0.4) is 0 Å². The van der Waals surface area contributed by atoms with Gasteiger partial charge < -0.3 is 31.5 Å². The van der Waals surface area contributed by atoms with Gasteiger partial charge in [0.15, 0.2) is 5.65 Å². The van der Waals surface area contributed by atoms with Crippen molar-refractivity contribution in [2.75, 3.05) is 38.6 Å². The fourth-order valence-corrected chi connectivity index (χ4v) is 4.12. The Morgan fingerprint density at radius 3 is 2.75 bits per heavy atom. The smallest absolute Gasteiger partial charge is 0.320 e. The SMILES string of the molecule is C=C(/C=C\C(=C/N)c1cnn2c(N)cc(C3CCC(C(=O)O)NC3)nc12)N1CCOCC1. The van der Waals surface area contributed by atoms with Crippen LogP contribution in [-0.2, 0) is 9.53 Å². The summed E-state index contributed by atoms with van der Waals surface area (Å²) in [6.07, 6.45) is 8.30. The zero-order valence-electron chi connectivity index (χ0n) is 17.9. The number of nitrogen functional groups attached to an aromatic ring is 1. The normalized spacial score (nSPS) is 22.5. The molecule has 2 unspecified atom stereocenters. The highest BCUT2D eigenvalue weighted by Crippen LogP contribution is 2.28. The van der Waals surface area contributed by atoms with Crippen LogP contribution in [0, 0.1) is 0 Å². The minimum absolute atomic E-state index is 0.0718. The van der Waals surface area contributed by atoms with Crippen molar-refractivity contribution in [3.63, 3.8) is 0 Å². The summed E-state index contributed by atoms with van der Waals surface area (Å²) in [6.45, 7) is 7.67. The van der Waals surface area contributed by atoms with E-state index in [9.17, 15) is 9.90 Å². The molecule has 0 amide bonds. The molecule has 6 N–H and O–H groups in total. The standard InChI is InChI=1S/C22H29N7O3/c1-14(28-6-8-32-9-7-28)2-3-15(11-23)17-13-26-29-20(24)10-19(27-21(17)29)16-4-5-18(22(30)31)25-12-16/h2-3,10-11,13,16,18,25H,1,4-9,12,23-24H2,(H,30,31)/b3-2-,15-11+. The number of carboxylic acids is 1. The molecule has 0 bridgehead atoms. The van der Waals surface area contributed by atoms with Crippen LogP contribution in [-0.4, -0.2) is 69.5 Å². The molecule has 2 aromatic heterocycles. The number of nitrogens with two attached hydrogens (primary N) is 2. The van der Waals surface area contributed by atoms with Crippen molar-refractivity contribution in [3.05, 3.63) is 54.1 Å². The molecule has 2 saturated heterocycles. The molecule has 0 spiro atoms. The highest BCUT2D eigenvalue weighted by molar-refractivity contribution is 5.82. The van der Waals surface area contributed by atoms with Gasteiger partial charge in [-0.25, -0.2) is 4.98 Å². The third-order valence-electron chi connectivity index (χ3n) is 6.01. The van der Waals surface area contributed by atoms with E-state index in [-0.39, 0.29) is 5.92 Å². The van der Waals surface area contributed by atoms with Crippen molar-refractivity contribution < 1.29 is 14.6 Å². The van der Waals surface area contributed by atoms with Gasteiger partial charge in [-0.1, -0.05) is 12.7 Å². The second kappa shape index (κ2) is 9.41. The molecule has 10 nitrogen and oxygen atoms in total. The summed E-state index contributed by atoms with van der Waals surface area (Å²) in [5, 5.41) is 16.7. The Hall–Kier alpha value is -3.37. The van der Waals surface area contributed by atoms with E-state index < -0.39 is 12.0 Å². The summed E-state index contributed by atoms with van der Waals surface area (Å²) in [5.74, 6) is -0.287. The van der Waals surface area contributed by atoms with Gasteiger partial charge in [0.05, 0.1) is 25.1 Å². The number of hydrogen-bond donors (Lipinski definition) is 4. The number of nitrogens with zero attached hydrogens (tertiary/aromatic N) is 4. The van der Waals surface area contributed by atoms with Crippen LogP contribution in [0.15, 0.2) is 42.9 Å². The summed E-state index contributed by atoms with van der Waals surface area (Å²) in [7, 11) is 0. The number of rotatable bonds is 6. The van der Waals surface area contributed by atoms with Crippen molar-refractivity contribution >= 4 is 23.0 Å². The molecule has 0 aliphatic carbocycles. The van der Waals surface area contributed by atoms with Crippen molar-refractivity contribution in [2.24, 2.45) is 5.73 Å². The van der Waals surface area contributed by atoms with Crippen molar-refractivity contribution in [2.45, 2.75) is 24.8 Å². The molecular formula is C22H29N7O3. The van der Waals surface area contributed by atoms with Crippen molar-refractivity contribution in [1.82, 2.24) is 24.8 Å². The number of carboxylic acid groups (broad SMARTS) is 1. The van der Waals surface area contributed by atoms with E-state index in [1.54, 1.807) is 16.8 Å². The Balaban J connectivity index is 1.58. The molecular weight excluding hydrogens is 410 g/mol. The van der Waals surface area contributed by atoms with Gasteiger partial charge in [0.25, 0.3) is 0 Å². The topological polar surface area (TPSA) is 144 Å². The number of morpholine rings is 1. The number of carbonyl (C=O) groups is 1. The Kier molecular flexibility index (Phi) is 6.42. The molecule has 0 aromatic carbocycles. The minimum Gasteiger partial charge on any atom is -0.480 e. The molecule has 0 saturated carbocycles. The Bertz CT molecular complexity index is 1060. The van der Waals surface area contributed by atoms with Gasteiger partial charge >= 0.3 is 5.97 Å². The Morgan fingerprint density at radius 2 is 2.09 bits per heavy atom. The van der Waals surface area contributed by atoms with Crippen molar-refractivity contribution in [3.8, 4) is 0 Å². The van der Waals surface area contributed by atoms with Gasteiger partial charge in [0.2, 0.25) is 0 Å².